The van der Waals surface area contributed by atoms with Crippen molar-refractivity contribution in [2.45, 2.75) is 18.7 Å². The fraction of sp³-hybridized carbons (Fsp3) is 0.211. The van der Waals surface area contributed by atoms with Crippen molar-refractivity contribution in [2.75, 3.05) is 13.6 Å². The van der Waals surface area contributed by atoms with Gasteiger partial charge in [-0.15, -0.1) is 0 Å². The standard InChI is InChI=1S/C19H20N2O3S/c1-14-10-11-17(13-15(14)2)25(23,24)21-12-6-8-16-7-4-5-9-18(16)19(22)20-3/h4-5,7,9-11,13,21H,12H2,1-3H3,(H,20,22). The first-order valence-electron chi connectivity index (χ1n) is 7.72. The van der Waals surface area contributed by atoms with Gasteiger partial charge in [-0.1, -0.05) is 30.0 Å². The Labute approximate surface area is 148 Å². The predicted molar refractivity (Wildman–Crippen MR) is 97.8 cm³/mol. The van der Waals surface area contributed by atoms with Gasteiger partial charge in [0.25, 0.3) is 5.91 Å². The van der Waals surface area contributed by atoms with Gasteiger partial charge in [-0.2, -0.15) is 4.72 Å². The Morgan fingerprint density at radius 3 is 2.48 bits per heavy atom. The van der Waals surface area contributed by atoms with Crippen LogP contribution in [0.2, 0.25) is 0 Å². The third kappa shape index (κ3) is 4.69. The smallest absolute Gasteiger partial charge is 0.252 e. The van der Waals surface area contributed by atoms with Gasteiger partial charge < -0.3 is 5.32 Å². The molecule has 2 aromatic carbocycles. The van der Waals surface area contributed by atoms with E-state index in [1.807, 2.05) is 13.8 Å². The molecule has 0 fully saturated rings. The third-order valence-electron chi connectivity index (χ3n) is 3.76. The van der Waals surface area contributed by atoms with Gasteiger partial charge in [0.05, 0.1) is 17.0 Å². The summed E-state index contributed by atoms with van der Waals surface area (Å²) in [4.78, 5) is 12.0. The van der Waals surface area contributed by atoms with Crippen LogP contribution in [0.1, 0.15) is 27.0 Å². The van der Waals surface area contributed by atoms with Gasteiger partial charge in [0.2, 0.25) is 10.0 Å². The normalized spacial score (nSPS) is 10.7. The van der Waals surface area contributed by atoms with Gasteiger partial charge in [-0.05, 0) is 49.2 Å². The Kier molecular flexibility index (Phi) is 5.97. The van der Waals surface area contributed by atoms with Crippen LogP contribution >= 0.6 is 0 Å². The average Bonchev–Trinajstić information content (AvgIpc) is 2.60. The second-order valence-electron chi connectivity index (χ2n) is 5.50. The highest BCUT2D eigenvalue weighted by molar-refractivity contribution is 7.89. The average molecular weight is 356 g/mol. The molecule has 0 unspecified atom stereocenters. The van der Waals surface area contributed by atoms with E-state index in [1.165, 1.54) is 0 Å². The summed E-state index contributed by atoms with van der Waals surface area (Å²) in [7, 11) is -2.07. The number of rotatable bonds is 4. The third-order valence-corrected chi connectivity index (χ3v) is 5.16. The molecule has 6 heteroatoms. The van der Waals surface area contributed by atoms with Crippen LogP contribution in [0.4, 0.5) is 0 Å². The van der Waals surface area contributed by atoms with Gasteiger partial charge in [0, 0.05) is 12.6 Å². The molecule has 0 aromatic heterocycles. The fourth-order valence-electron chi connectivity index (χ4n) is 2.16. The largest absolute Gasteiger partial charge is 0.355 e. The van der Waals surface area contributed by atoms with Crippen molar-refractivity contribution < 1.29 is 13.2 Å². The first-order chi connectivity index (χ1) is 11.8. The molecule has 2 aromatic rings. The highest BCUT2D eigenvalue weighted by Gasteiger charge is 2.13. The van der Waals surface area contributed by atoms with Crippen molar-refractivity contribution in [1.29, 1.82) is 0 Å². The molecule has 0 aliphatic carbocycles. The van der Waals surface area contributed by atoms with Crippen molar-refractivity contribution in [1.82, 2.24) is 10.0 Å². The van der Waals surface area contributed by atoms with Crippen LogP contribution in [-0.2, 0) is 10.0 Å². The highest BCUT2D eigenvalue weighted by Crippen LogP contribution is 2.14. The van der Waals surface area contributed by atoms with Crippen LogP contribution in [-0.4, -0.2) is 27.9 Å². The van der Waals surface area contributed by atoms with Crippen LogP contribution in [0.3, 0.4) is 0 Å². The fourth-order valence-corrected chi connectivity index (χ4v) is 3.17. The molecule has 0 radical (unpaired) electrons. The number of amides is 1. The van der Waals surface area contributed by atoms with E-state index in [2.05, 4.69) is 21.9 Å². The van der Waals surface area contributed by atoms with E-state index in [9.17, 15) is 13.2 Å². The van der Waals surface area contributed by atoms with Crippen LogP contribution in [0.25, 0.3) is 0 Å². The lowest BCUT2D eigenvalue weighted by molar-refractivity contribution is 0.0963. The number of nitrogens with one attached hydrogen (secondary N) is 2. The van der Waals surface area contributed by atoms with Crippen molar-refractivity contribution >= 4 is 15.9 Å². The first kappa shape index (κ1) is 18.7. The number of benzene rings is 2. The minimum Gasteiger partial charge on any atom is -0.355 e. The Bertz CT molecular complexity index is 954. The quantitative estimate of drug-likeness (QED) is 0.823. The van der Waals surface area contributed by atoms with E-state index in [1.54, 1.807) is 49.5 Å². The summed E-state index contributed by atoms with van der Waals surface area (Å²) in [5.41, 5.74) is 2.94. The molecule has 0 heterocycles. The number of carbonyl (C=O) groups is 1. The SMILES string of the molecule is CNC(=O)c1ccccc1C#CCNS(=O)(=O)c1ccc(C)c(C)c1. The van der Waals surface area contributed by atoms with Gasteiger partial charge >= 0.3 is 0 Å². The zero-order chi connectivity index (χ0) is 18.4. The number of hydrogen-bond donors (Lipinski definition) is 2. The van der Waals surface area contributed by atoms with Crippen LogP contribution < -0.4 is 10.0 Å². The molecule has 0 atom stereocenters. The molecule has 2 N–H and O–H groups in total. The Balaban J connectivity index is 2.12. The van der Waals surface area contributed by atoms with Gasteiger partial charge in [-0.3, -0.25) is 4.79 Å². The summed E-state index contributed by atoms with van der Waals surface area (Å²) in [5.74, 6) is 5.35. The lowest BCUT2D eigenvalue weighted by Gasteiger charge is -2.06. The predicted octanol–water partition coefficient (Wildman–Crippen LogP) is 1.99. The van der Waals surface area contributed by atoms with Crippen molar-refractivity contribution in [3.63, 3.8) is 0 Å². The summed E-state index contributed by atoms with van der Waals surface area (Å²) in [5, 5.41) is 2.55. The first-order valence-corrected chi connectivity index (χ1v) is 9.20. The maximum Gasteiger partial charge on any atom is 0.252 e. The maximum absolute atomic E-state index is 12.3. The summed E-state index contributed by atoms with van der Waals surface area (Å²) in [6.07, 6.45) is 0. The molecule has 1 amide bonds. The lowest BCUT2D eigenvalue weighted by atomic mass is 10.1. The summed E-state index contributed by atoms with van der Waals surface area (Å²) >= 11 is 0. The molecule has 0 saturated heterocycles. The van der Waals surface area contributed by atoms with E-state index in [4.69, 9.17) is 0 Å². The molecule has 2 rings (SSSR count). The zero-order valence-corrected chi connectivity index (χ0v) is 15.2. The van der Waals surface area contributed by atoms with E-state index >= 15 is 0 Å². The van der Waals surface area contributed by atoms with E-state index < -0.39 is 10.0 Å². The molecule has 0 aliphatic rings. The Hall–Kier alpha value is -2.62. The van der Waals surface area contributed by atoms with Crippen molar-refractivity contribution in [2.24, 2.45) is 0 Å². The van der Waals surface area contributed by atoms with Gasteiger partial charge in [-0.25, -0.2) is 8.42 Å². The minimum absolute atomic E-state index is 0.0443. The monoisotopic (exact) mass is 356 g/mol. The zero-order valence-electron chi connectivity index (χ0n) is 14.4. The maximum atomic E-state index is 12.3. The molecule has 5 nitrogen and oxygen atoms in total. The molecular formula is C19H20N2O3S. The molecule has 0 spiro atoms. The lowest BCUT2D eigenvalue weighted by Crippen LogP contribution is -2.24. The van der Waals surface area contributed by atoms with Gasteiger partial charge in [0.15, 0.2) is 0 Å². The van der Waals surface area contributed by atoms with E-state index in [0.29, 0.717) is 11.1 Å². The van der Waals surface area contributed by atoms with Crippen molar-refractivity contribution in [3.8, 4) is 11.8 Å². The van der Waals surface area contributed by atoms with Crippen LogP contribution in [0, 0.1) is 25.7 Å². The van der Waals surface area contributed by atoms with Gasteiger partial charge in [0.1, 0.15) is 0 Å². The highest BCUT2D eigenvalue weighted by atomic mass is 32.2. The summed E-state index contributed by atoms with van der Waals surface area (Å²) < 4.78 is 27.0. The minimum atomic E-state index is -3.62. The molecular weight excluding hydrogens is 336 g/mol. The number of sulfonamides is 1. The molecule has 0 aliphatic heterocycles. The number of carbonyl (C=O) groups excluding carboxylic acids is 1. The van der Waals surface area contributed by atoms with Crippen LogP contribution in [0.5, 0.6) is 0 Å². The summed E-state index contributed by atoms with van der Waals surface area (Å²) in [6.45, 7) is 3.75. The number of aryl methyl sites for hydroxylation is 2. The van der Waals surface area contributed by atoms with E-state index in [-0.39, 0.29) is 17.3 Å². The topological polar surface area (TPSA) is 75.3 Å². The second-order valence-corrected chi connectivity index (χ2v) is 7.26. The summed E-state index contributed by atoms with van der Waals surface area (Å²) in [6, 6.07) is 11.9. The Morgan fingerprint density at radius 2 is 1.80 bits per heavy atom. The molecule has 130 valence electrons. The van der Waals surface area contributed by atoms with E-state index in [0.717, 1.165) is 11.1 Å². The molecule has 25 heavy (non-hydrogen) atoms. The second kappa shape index (κ2) is 7.97. The van der Waals surface area contributed by atoms with Crippen LogP contribution in [0.15, 0.2) is 47.4 Å². The molecule has 0 saturated carbocycles. The van der Waals surface area contributed by atoms with Crippen molar-refractivity contribution in [3.05, 3.63) is 64.7 Å². The molecule has 0 bridgehead atoms. The Morgan fingerprint density at radius 1 is 1.08 bits per heavy atom. The number of hydrogen-bond acceptors (Lipinski definition) is 3.